The lowest BCUT2D eigenvalue weighted by molar-refractivity contribution is 0.00578. The Bertz CT molecular complexity index is 559. The lowest BCUT2D eigenvalue weighted by Gasteiger charge is -2.32. The Morgan fingerprint density at radius 3 is 2.33 bits per heavy atom. The number of halogens is 2. The fraction of sp³-hybridized carbons (Fsp3) is 0.467. The Morgan fingerprint density at radius 2 is 1.86 bits per heavy atom. The van der Waals surface area contributed by atoms with Crippen LogP contribution in [-0.2, 0) is 9.31 Å². The number of rotatable bonds is 3. The topological polar surface area (TPSA) is 18.5 Å². The van der Waals surface area contributed by atoms with Gasteiger partial charge >= 0.3 is 7.12 Å². The number of benzene rings is 1. The van der Waals surface area contributed by atoms with E-state index in [-0.39, 0.29) is 17.0 Å². The molecule has 2 rings (SSSR count). The molecule has 0 N–H and O–H groups in total. The van der Waals surface area contributed by atoms with E-state index in [1.54, 1.807) is 6.07 Å². The van der Waals surface area contributed by atoms with Gasteiger partial charge in [0.15, 0.2) is 0 Å². The van der Waals surface area contributed by atoms with Crippen molar-refractivity contribution in [2.24, 2.45) is 0 Å². The average molecular weight is 373 g/mol. The third kappa shape index (κ3) is 3.55. The van der Waals surface area contributed by atoms with Gasteiger partial charge in [0, 0.05) is 10.2 Å². The highest BCUT2D eigenvalue weighted by molar-refractivity contribution is 9.10. The van der Waals surface area contributed by atoms with E-state index in [1.165, 1.54) is 12.1 Å². The van der Waals surface area contributed by atoms with Crippen molar-refractivity contribution in [1.82, 2.24) is 0 Å². The molecule has 6 heteroatoms. The summed E-state index contributed by atoms with van der Waals surface area (Å²) in [6, 6.07) is 4.58. The van der Waals surface area contributed by atoms with Crippen LogP contribution in [0.5, 0.6) is 0 Å². The first kappa shape index (κ1) is 17.1. The second kappa shape index (κ2) is 6.07. The van der Waals surface area contributed by atoms with E-state index in [9.17, 15) is 4.39 Å². The van der Waals surface area contributed by atoms with Crippen molar-refractivity contribution in [3.8, 4) is 0 Å². The lowest BCUT2D eigenvalue weighted by Crippen LogP contribution is -2.41. The molecule has 0 aromatic heterocycles. The summed E-state index contributed by atoms with van der Waals surface area (Å²) < 4.78 is 25.9. The molecule has 1 fully saturated rings. The van der Waals surface area contributed by atoms with Crippen molar-refractivity contribution >= 4 is 41.8 Å². The van der Waals surface area contributed by atoms with Crippen molar-refractivity contribution in [2.45, 2.75) is 38.9 Å². The fourth-order valence-electron chi connectivity index (χ4n) is 2.00. The van der Waals surface area contributed by atoms with Gasteiger partial charge in [-0.25, -0.2) is 4.39 Å². The van der Waals surface area contributed by atoms with E-state index in [0.29, 0.717) is 10.2 Å². The molecule has 0 unspecified atom stereocenters. The van der Waals surface area contributed by atoms with Crippen molar-refractivity contribution < 1.29 is 13.7 Å². The van der Waals surface area contributed by atoms with Gasteiger partial charge in [-0.05, 0) is 50.9 Å². The van der Waals surface area contributed by atoms with Gasteiger partial charge in [0.05, 0.1) is 11.2 Å². The second-order valence-corrected chi connectivity index (χ2v) is 7.30. The number of hydrogen-bond acceptors (Lipinski definition) is 3. The van der Waals surface area contributed by atoms with Gasteiger partial charge in [0.2, 0.25) is 0 Å². The zero-order valence-corrected chi connectivity index (χ0v) is 15.1. The summed E-state index contributed by atoms with van der Waals surface area (Å²) >= 11 is 7.74. The normalized spacial score (nSPS) is 20.9. The highest BCUT2D eigenvalue weighted by atomic mass is 79.9. The van der Waals surface area contributed by atoms with Crippen molar-refractivity contribution in [3.05, 3.63) is 39.5 Å². The third-order valence-electron chi connectivity index (χ3n) is 4.04. The van der Waals surface area contributed by atoms with Crippen LogP contribution in [0.4, 0.5) is 4.39 Å². The molecule has 1 aromatic carbocycles. The van der Waals surface area contributed by atoms with Gasteiger partial charge < -0.3 is 9.31 Å². The van der Waals surface area contributed by atoms with Gasteiger partial charge in [0.25, 0.3) is 0 Å². The largest absolute Gasteiger partial charge is 0.491 e. The first-order valence-corrected chi connectivity index (χ1v) is 8.21. The molecule has 0 bridgehead atoms. The quantitative estimate of drug-likeness (QED) is 0.620. The van der Waals surface area contributed by atoms with Gasteiger partial charge in [-0.15, -0.1) is 0 Å². The zero-order valence-electron chi connectivity index (χ0n) is 12.6. The molecule has 0 atom stereocenters. The highest BCUT2D eigenvalue weighted by Crippen LogP contribution is 2.39. The van der Waals surface area contributed by atoms with Crippen LogP contribution < -0.4 is 0 Å². The SMILES string of the molecule is CC1(C)OB(C(=Cc2ccc(F)cc2Br)CS)OC1(C)C. The molecule has 0 aliphatic carbocycles. The Morgan fingerprint density at radius 1 is 1.29 bits per heavy atom. The molecule has 2 nitrogen and oxygen atoms in total. The summed E-state index contributed by atoms with van der Waals surface area (Å²) in [5, 5.41) is 0. The number of thiol groups is 1. The predicted octanol–water partition coefficient (Wildman–Crippen LogP) is 4.53. The van der Waals surface area contributed by atoms with Crippen molar-refractivity contribution in [1.29, 1.82) is 0 Å². The summed E-state index contributed by atoms with van der Waals surface area (Å²) in [6.07, 6.45) is 1.93. The van der Waals surface area contributed by atoms with Crippen LogP contribution in [0.25, 0.3) is 6.08 Å². The van der Waals surface area contributed by atoms with E-state index in [4.69, 9.17) is 9.31 Å². The van der Waals surface area contributed by atoms with Gasteiger partial charge in [-0.3, -0.25) is 0 Å². The second-order valence-electron chi connectivity index (χ2n) is 6.13. The molecule has 114 valence electrons. The maximum atomic E-state index is 13.2. The molecule has 1 aromatic rings. The van der Waals surface area contributed by atoms with Crippen LogP contribution in [0, 0.1) is 5.82 Å². The molecule has 0 amide bonds. The monoisotopic (exact) mass is 372 g/mol. The minimum atomic E-state index is -0.440. The van der Waals surface area contributed by atoms with Crippen LogP contribution in [0.15, 0.2) is 28.1 Å². The summed E-state index contributed by atoms with van der Waals surface area (Å²) in [5.41, 5.74) is 0.999. The summed E-state index contributed by atoms with van der Waals surface area (Å²) in [5.74, 6) is 0.225. The van der Waals surface area contributed by atoms with Gasteiger partial charge in [-0.2, -0.15) is 12.6 Å². The van der Waals surface area contributed by atoms with Crippen LogP contribution >= 0.6 is 28.6 Å². The van der Waals surface area contributed by atoms with Crippen molar-refractivity contribution in [3.63, 3.8) is 0 Å². The molecule has 0 spiro atoms. The van der Waals surface area contributed by atoms with E-state index < -0.39 is 7.12 Å². The molecule has 1 saturated heterocycles. The average Bonchev–Trinajstić information content (AvgIpc) is 2.57. The number of hydrogen-bond donors (Lipinski definition) is 1. The molecule has 0 radical (unpaired) electrons. The van der Waals surface area contributed by atoms with Gasteiger partial charge in [0.1, 0.15) is 5.82 Å². The van der Waals surface area contributed by atoms with Crippen LogP contribution in [-0.4, -0.2) is 24.1 Å². The fourth-order valence-corrected chi connectivity index (χ4v) is 2.71. The summed E-state index contributed by atoms with van der Waals surface area (Å²) in [7, 11) is -0.440. The smallest absolute Gasteiger partial charge is 0.400 e. The molecular weight excluding hydrogens is 354 g/mol. The molecule has 21 heavy (non-hydrogen) atoms. The molecular formula is C15H19BBrFO2S. The van der Waals surface area contributed by atoms with E-state index in [0.717, 1.165) is 11.0 Å². The Balaban J connectivity index is 2.31. The summed E-state index contributed by atoms with van der Waals surface area (Å²) in [6.45, 7) is 8.04. The van der Waals surface area contributed by atoms with Crippen LogP contribution in [0.3, 0.4) is 0 Å². The Kier molecular flexibility index (Phi) is 4.93. The molecule has 1 aliphatic heterocycles. The van der Waals surface area contributed by atoms with E-state index in [1.807, 2.05) is 33.8 Å². The molecule has 1 heterocycles. The Labute approximate surface area is 139 Å². The zero-order chi connectivity index (χ0) is 15.8. The lowest BCUT2D eigenvalue weighted by atomic mass is 9.78. The van der Waals surface area contributed by atoms with Crippen LogP contribution in [0.2, 0.25) is 0 Å². The minimum Gasteiger partial charge on any atom is -0.400 e. The molecule has 0 saturated carbocycles. The van der Waals surface area contributed by atoms with Crippen LogP contribution in [0.1, 0.15) is 33.3 Å². The summed E-state index contributed by atoms with van der Waals surface area (Å²) in [4.78, 5) is 0. The van der Waals surface area contributed by atoms with Gasteiger partial charge in [-0.1, -0.05) is 28.1 Å². The highest BCUT2D eigenvalue weighted by Gasteiger charge is 2.52. The van der Waals surface area contributed by atoms with E-state index in [2.05, 4.69) is 28.6 Å². The third-order valence-corrected chi connectivity index (χ3v) is 5.09. The maximum Gasteiger partial charge on any atom is 0.491 e. The minimum absolute atomic E-state index is 0.276. The first-order chi connectivity index (χ1) is 9.66. The Hall–Kier alpha value is -0.295. The van der Waals surface area contributed by atoms with E-state index >= 15 is 0 Å². The standard InChI is InChI=1S/C15H19BBrFO2S/c1-14(2)15(3,4)20-16(19-14)11(9-21)7-10-5-6-12(18)8-13(10)17/h5-8,21H,9H2,1-4H3. The maximum absolute atomic E-state index is 13.2. The molecule has 1 aliphatic rings. The van der Waals surface area contributed by atoms with Crippen molar-refractivity contribution in [2.75, 3.05) is 5.75 Å². The predicted molar refractivity (Wildman–Crippen MR) is 92.0 cm³/mol. The first-order valence-electron chi connectivity index (χ1n) is 6.78.